The summed E-state index contributed by atoms with van der Waals surface area (Å²) in [4.78, 5) is 2.86. The highest BCUT2D eigenvalue weighted by molar-refractivity contribution is 4.84. The average molecular weight is 201 g/mol. The van der Waals surface area contributed by atoms with E-state index in [9.17, 15) is 0 Å². The summed E-state index contributed by atoms with van der Waals surface area (Å²) in [6.07, 6.45) is 6.03. The van der Waals surface area contributed by atoms with Crippen LogP contribution in [0.3, 0.4) is 0 Å². The second kappa shape index (κ2) is 18.0. The predicted octanol–water partition coefficient (Wildman–Crippen LogP) is 1.66. The lowest BCUT2D eigenvalue weighted by atomic mass is 10.5. The summed E-state index contributed by atoms with van der Waals surface area (Å²) < 4.78 is 5.13. The number of ether oxygens (including phenoxy) is 1. The van der Waals surface area contributed by atoms with Crippen LogP contribution in [0.25, 0.3) is 0 Å². The van der Waals surface area contributed by atoms with Crippen LogP contribution in [0.5, 0.6) is 0 Å². The van der Waals surface area contributed by atoms with Crippen molar-refractivity contribution in [3.63, 3.8) is 0 Å². The minimum atomic E-state index is 0.924. The molecule has 0 spiro atoms. The molecule has 0 fully saturated rings. The number of hydrazine groups is 1. The van der Waals surface area contributed by atoms with Gasteiger partial charge in [-0.1, -0.05) is 13.8 Å². The van der Waals surface area contributed by atoms with Gasteiger partial charge in [0, 0.05) is 25.6 Å². The molecule has 0 aliphatic carbocycles. The van der Waals surface area contributed by atoms with Crippen molar-refractivity contribution in [1.29, 1.82) is 0 Å². The largest absolute Gasteiger partial charge is 0.381 e. The molecule has 0 saturated heterocycles. The third kappa shape index (κ3) is 17.3. The Kier molecular flexibility index (Phi) is 20.1. The van der Waals surface area contributed by atoms with Crippen LogP contribution in [0.1, 0.15) is 26.7 Å². The van der Waals surface area contributed by atoms with Crippen LogP contribution >= 0.6 is 0 Å². The first-order chi connectivity index (χ1) is 6.91. The topological polar surface area (TPSA) is 77.1 Å². The highest BCUT2D eigenvalue weighted by Gasteiger charge is 1.77. The summed E-state index contributed by atoms with van der Waals surface area (Å²) >= 11 is 0. The van der Waals surface area contributed by atoms with Gasteiger partial charge in [-0.2, -0.15) is 0 Å². The zero-order valence-electron chi connectivity index (χ0n) is 9.20. The maximum Gasteiger partial charge on any atom is 0.0463 e. The van der Waals surface area contributed by atoms with Crippen LogP contribution in [-0.2, 0) is 4.74 Å². The Bertz CT molecular complexity index is 122. The van der Waals surface area contributed by atoms with E-state index in [-0.39, 0.29) is 0 Å². The Balaban J connectivity index is 0. The van der Waals surface area contributed by atoms with E-state index in [1.54, 1.807) is 0 Å². The second-order valence-corrected chi connectivity index (χ2v) is 2.50. The molecular weight excluding hydrogens is 178 g/mol. The molecule has 4 nitrogen and oxygen atoms in total. The van der Waals surface area contributed by atoms with E-state index in [1.165, 1.54) is 0 Å². The highest BCUT2D eigenvalue weighted by Crippen LogP contribution is 1.81. The standard InChI is InChI=1S/C6H14O.C4H5N.H4N2/c1-3-5-7-6-4-2;1-2-4-5-3-1;1-2/h3-6H2,1-2H3;1-5H;1-2H2. The molecule has 0 aromatic carbocycles. The van der Waals surface area contributed by atoms with Crippen molar-refractivity contribution in [3.8, 4) is 0 Å². The van der Waals surface area contributed by atoms with Crippen molar-refractivity contribution in [2.75, 3.05) is 13.2 Å². The van der Waals surface area contributed by atoms with Crippen molar-refractivity contribution in [1.82, 2.24) is 4.98 Å². The Morgan fingerprint density at radius 1 is 1.00 bits per heavy atom. The fourth-order valence-electron chi connectivity index (χ4n) is 0.669. The first-order valence-corrected chi connectivity index (χ1v) is 4.90. The van der Waals surface area contributed by atoms with Gasteiger partial charge in [-0.25, -0.2) is 0 Å². The molecular formula is C10H23N3O. The zero-order valence-corrected chi connectivity index (χ0v) is 9.20. The van der Waals surface area contributed by atoms with Gasteiger partial charge in [0.15, 0.2) is 0 Å². The predicted molar refractivity (Wildman–Crippen MR) is 60.6 cm³/mol. The van der Waals surface area contributed by atoms with Crippen molar-refractivity contribution in [2.45, 2.75) is 26.7 Å². The Morgan fingerprint density at radius 3 is 1.64 bits per heavy atom. The van der Waals surface area contributed by atoms with E-state index in [0.29, 0.717) is 0 Å². The fourth-order valence-corrected chi connectivity index (χ4v) is 0.669. The maximum absolute atomic E-state index is 5.13. The molecule has 1 rings (SSSR count). The van der Waals surface area contributed by atoms with Crippen molar-refractivity contribution >= 4 is 0 Å². The number of hydrogen-bond donors (Lipinski definition) is 3. The van der Waals surface area contributed by atoms with E-state index in [2.05, 4.69) is 30.5 Å². The zero-order chi connectivity index (χ0) is 11.1. The van der Waals surface area contributed by atoms with Gasteiger partial charge in [0.05, 0.1) is 0 Å². The molecule has 4 heteroatoms. The van der Waals surface area contributed by atoms with Crippen molar-refractivity contribution in [3.05, 3.63) is 24.5 Å². The lowest BCUT2D eigenvalue weighted by molar-refractivity contribution is 0.135. The molecule has 0 saturated carbocycles. The van der Waals surface area contributed by atoms with Gasteiger partial charge in [0.25, 0.3) is 0 Å². The molecule has 0 radical (unpaired) electrons. The third-order valence-electron chi connectivity index (χ3n) is 1.19. The molecule has 1 heterocycles. The molecule has 0 bridgehead atoms. The monoisotopic (exact) mass is 201 g/mol. The molecule has 0 unspecified atom stereocenters. The van der Waals surface area contributed by atoms with E-state index in [0.717, 1.165) is 26.1 Å². The van der Waals surface area contributed by atoms with E-state index in [4.69, 9.17) is 4.74 Å². The molecule has 0 atom stereocenters. The second-order valence-electron chi connectivity index (χ2n) is 2.50. The quantitative estimate of drug-likeness (QED) is 0.394. The van der Waals surface area contributed by atoms with Crippen LogP contribution in [0, 0.1) is 0 Å². The lowest BCUT2D eigenvalue weighted by Gasteiger charge is -1.95. The molecule has 1 aromatic rings. The number of rotatable bonds is 4. The van der Waals surface area contributed by atoms with Gasteiger partial charge in [0.1, 0.15) is 0 Å². The highest BCUT2D eigenvalue weighted by atomic mass is 16.5. The van der Waals surface area contributed by atoms with Gasteiger partial charge in [-0.05, 0) is 25.0 Å². The first-order valence-electron chi connectivity index (χ1n) is 4.90. The summed E-state index contributed by atoms with van der Waals surface area (Å²) in [6.45, 7) is 6.09. The van der Waals surface area contributed by atoms with Crippen LogP contribution in [-0.4, -0.2) is 18.2 Å². The molecule has 0 aliphatic rings. The van der Waals surface area contributed by atoms with Crippen LogP contribution in [0.2, 0.25) is 0 Å². The van der Waals surface area contributed by atoms with Crippen LogP contribution < -0.4 is 11.7 Å². The van der Waals surface area contributed by atoms with Gasteiger partial charge >= 0.3 is 0 Å². The summed E-state index contributed by atoms with van der Waals surface area (Å²) in [6, 6.07) is 3.89. The molecule has 1 aromatic heterocycles. The Hall–Kier alpha value is -0.840. The number of H-pyrrole nitrogens is 1. The normalized spacial score (nSPS) is 8.00. The van der Waals surface area contributed by atoms with Gasteiger partial charge in [-0.3, -0.25) is 11.7 Å². The summed E-state index contributed by atoms with van der Waals surface area (Å²) in [5, 5.41) is 0. The van der Waals surface area contributed by atoms with Crippen LogP contribution in [0.15, 0.2) is 24.5 Å². The van der Waals surface area contributed by atoms with E-state index < -0.39 is 0 Å². The summed E-state index contributed by atoms with van der Waals surface area (Å²) in [7, 11) is 0. The number of aromatic amines is 1. The molecule has 84 valence electrons. The van der Waals surface area contributed by atoms with Gasteiger partial charge in [-0.15, -0.1) is 0 Å². The third-order valence-corrected chi connectivity index (χ3v) is 1.19. The maximum atomic E-state index is 5.13. The SMILES string of the molecule is CCCOCCC.NN.c1cc[nH]c1. The lowest BCUT2D eigenvalue weighted by Crippen LogP contribution is -2.02. The van der Waals surface area contributed by atoms with Gasteiger partial charge in [0.2, 0.25) is 0 Å². The Morgan fingerprint density at radius 2 is 1.43 bits per heavy atom. The molecule has 0 amide bonds. The van der Waals surface area contributed by atoms with Crippen molar-refractivity contribution in [2.24, 2.45) is 11.7 Å². The number of aromatic nitrogens is 1. The summed E-state index contributed by atoms with van der Waals surface area (Å²) in [5.74, 6) is 8.00. The van der Waals surface area contributed by atoms with E-state index >= 15 is 0 Å². The van der Waals surface area contributed by atoms with Gasteiger partial charge < -0.3 is 9.72 Å². The minimum Gasteiger partial charge on any atom is -0.381 e. The minimum absolute atomic E-state index is 0.924. The molecule has 14 heavy (non-hydrogen) atoms. The van der Waals surface area contributed by atoms with Crippen molar-refractivity contribution < 1.29 is 4.74 Å². The smallest absolute Gasteiger partial charge is 0.0463 e. The first kappa shape index (κ1) is 15.6. The average Bonchev–Trinajstić information content (AvgIpc) is 2.80. The molecule has 5 N–H and O–H groups in total. The Labute approximate surface area is 86.6 Å². The number of hydrogen-bond acceptors (Lipinski definition) is 3. The van der Waals surface area contributed by atoms with Crippen LogP contribution in [0.4, 0.5) is 0 Å². The number of nitrogens with one attached hydrogen (secondary N) is 1. The molecule has 0 aliphatic heterocycles. The fraction of sp³-hybridized carbons (Fsp3) is 0.600. The summed E-state index contributed by atoms with van der Waals surface area (Å²) in [5.41, 5.74) is 0. The number of nitrogens with two attached hydrogens (primary N) is 2. The van der Waals surface area contributed by atoms with E-state index in [1.807, 2.05) is 24.5 Å².